The van der Waals surface area contributed by atoms with Crippen LogP contribution in [0.25, 0.3) is 0 Å². The predicted molar refractivity (Wildman–Crippen MR) is 131 cm³/mol. The van der Waals surface area contributed by atoms with Gasteiger partial charge in [-0.3, -0.25) is 24.0 Å². The van der Waals surface area contributed by atoms with Gasteiger partial charge in [0.25, 0.3) is 0 Å². The van der Waals surface area contributed by atoms with Crippen LogP contribution in [0, 0.1) is 5.92 Å². The molecule has 5 amide bonds. The van der Waals surface area contributed by atoms with Crippen molar-refractivity contribution in [1.82, 2.24) is 31.9 Å². The van der Waals surface area contributed by atoms with E-state index in [0.29, 0.717) is 0 Å². The molecule has 0 aliphatic carbocycles. The fourth-order valence-electron chi connectivity index (χ4n) is 3.55. The van der Waals surface area contributed by atoms with Crippen LogP contribution in [0.5, 0.6) is 0 Å². The standard InChI is InChI=1S/C24H36N6O6/c1-14(2)20-24(36)27-15(3)21(33)29-18(13-31)23(35)28-17(11-16-7-5-4-6-8-16)22(34)26-10-9-25-12-19(32)30-20/h4-8,14-15,17-18,20,25,31H,9-13H2,1-3H3,(H,26,34)(H,27,36)(H,28,35)(H,29,33)(H,30,32)/t15-,17+,18-,20+/m0/s1. The summed E-state index contributed by atoms with van der Waals surface area (Å²) in [6.45, 7) is 4.58. The Morgan fingerprint density at radius 3 is 2.14 bits per heavy atom. The second kappa shape index (κ2) is 14.1. The van der Waals surface area contributed by atoms with Crippen LogP contribution < -0.4 is 31.9 Å². The molecule has 1 saturated heterocycles. The molecule has 0 aromatic heterocycles. The van der Waals surface area contributed by atoms with Gasteiger partial charge in [-0.15, -0.1) is 0 Å². The highest BCUT2D eigenvalue weighted by atomic mass is 16.3. The molecule has 36 heavy (non-hydrogen) atoms. The Morgan fingerprint density at radius 2 is 1.50 bits per heavy atom. The van der Waals surface area contributed by atoms with Gasteiger partial charge in [0.05, 0.1) is 13.2 Å². The molecule has 12 heteroatoms. The summed E-state index contributed by atoms with van der Waals surface area (Å²) in [4.78, 5) is 63.4. The molecule has 1 aromatic carbocycles. The van der Waals surface area contributed by atoms with Crippen LogP contribution in [0.3, 0.4) is 0 Å². The summed E-state index contributed by atoms with van der Waals surface area (Å²) >= 11 is 0. The van der Waals surface area contributed by atoms with E-state index in [-0.39, 0.29) is 32.0 Å². The Kier molecular flexibility index (Phi) is 11.3. The van der Waals surface area contributed by atoms with Crippen molar-refractivity contribution >= 4 is 29.5 Å². The van der Waals surface area contributed by atoms with Crippen molar-refractivity contribution in [3.63, 3.8) is 0 Å². The minimum atomic E-state index is -1.34. The number of benzene rings is 1. The molecule has 7 N–H and O–H groups in total. The third kappa shape index (κ3) is 8.93. The number of aliphatic hydroxyl groups excluding tert-OH is 1. The Bertz CT molecular complexity index is 925. The fourth-order valence-corrected chi connectivity index (χ4v) is 3.55. The number of carbonyl (C=O) groups excluding carboxylic acids is 5. The zero-order chi connectivity index (χ0) is 26.7. The predicted octanol–water partition coefficient (Wildman–Crippen LogP) is -2.44. The average molecular weight is 505 g/mol. The van der Waals surface area contributed by atoms with Gasteiger partial charge in [-0.25, -0.2) is 0 Å². The molecule has 1 fully saturated rings. The molecule has 1 heterocycles. The first kappa shape index (κ1) is 28.7. The number of nitrogens with one attached hydrogen (secondary N) is 6. The first-order valence-corrected chi connectivity index (χ1v) is 12.0. The van der Waals surface area contributed by atoms with Crippen molar-refractivity contribution in [1.29, 1.82) is 0 Å². The third-order valence-corrected chi connectivity index (χ3v) is 5.64. The van der Waals surface area contributed by atoms with Crippen LogP contribution in [-0.2, 0) is 30.4 Å². The fraction of sp³-hybridized carbons (Fsp3) is 0.542. The Morgan fingerprint density at radius 1 is 0.833 bits per heavy atom. The van der Waals surface area contributed by atoms with E-state index in [1.807, 2.05) is 18.2 Å². The molecule has 0 radical (unpaired) electrons. The molecule has 0 unspecified atom stereocenters. The molecule has 0 spiro atoms. The van der Waals surface area contributed by atoms with Crippen molar-refractivity contribution in [2.24, 2.45) is 5.92 Å². The summed E-state index contributed by atoms with van der Waals surface area (Å²) in [5.74, 6) is -3.13. The van der Waals surface area contributed by atoms with E-state index < -0.39 is 60.3 Å². The lowest BCUT2D eigenvalue weighted by Gasteiger charge is -2.26. The molecular formula is C24H36N6O6. The zero-order valence-corrected chi connectivity index (χ0v) is 20.8. The van der Waals surface area contributed by atoms with Crippen LogP contribution >= 0.6 is 0 Å². The van der Waals surface area contributed by atoms with Gasteiger partial charge in [0, 0.05) is 19.5 Å². The van der Waals surface area contributed by atoms with Gasteiger partial charge in [0.2, 0.25) is 29.5 Å². The minimum absolute atomic E-state index is 0.0786. The lowest BCUT2D eigenvalue weighted by atomic mass is 10.0. The zero-order valence-electron chi connectivity index (χ0n) is 20.8. The molecule has 1 aliphatic rings. The molecule has 1 aromatic rings. The highest BCUT2D eigenvalue weighted by Crippen LogP contribution is 2.05. The molecule has 4 atom stereocenters. The van der Waals surface area contributed by atoms with Gasteiger partial charge in [0.1, 0.15) is 24.2 Å². The number of carbonyl (C=O) groups is 5. The van der Waals surface area contributed by atoms with Crippen LogP contribution in [-0.4, -0.2) is 85.1 Å². The van der Waals surface area contributed by atoms with Crippen molar-refractivity contribution in [2.75, 3.05) is 26.2 Å². The molecule has 0 bridgehead atoms. The highest BCUT2D eigenvalue weighted by Gasteiger charge is 2.30. The summed E-state index contributed by atoms with van der Waals surface area (Å²) < 4.78 is 0. The third-order valence-electron chi connectivity index (χ3n) is 5.64. The summed E-state index contributed by atoms with van der Waals surface area (Å²) in [6, 6.07) is 4.80. The van der Waals surface area contributed by atoms with E-state index in [0.717, 1.165) is 5.56 Å². The van der Waals surface area contributed by atoms with Crippen LogP contribution in [0.1, 0.15) is 26.3 Å². The number of amides is 5. The van der Waals surface area contributed by atoms with E-state index in [1.54, 1.807) is 26.0 Å². The van der Waals surface area contributed by atoms with Crippen molar-refractivity contribution in [3.05, 3.63) is 35.9 Å². The first-order chi connectivity index (χ1) is 17.1. The Balaban J connectivity index is 2.23. The normalized spacial score (nSPS) is 25.5. The maximum Gasteiger partial charge on any atom is 0.245 e. The van der Waals surface area contributed by atoms with Crippen LogP contribution in [0.2, 0.25) is 0 Å². The number of rotatable bonds is 4. The molecular weight excluding hydrogens is 468 g/mol. The molecule has 12 nitrogen and oxygen atoms in total. The second-order valence-corrected chi connectivity index (χ2v) is 8.98. The van der Waals surface area contributed by atoms with E-state index in [1.165, 1.54) is 6.92 Å². The molecule has 0 saturated carbocycles. The summed E-state index contributed by atoms with van der Waals surface area (Å²) in [7, 11) is 0. The van der Waals surface area contributed by atoms with Gasteiger partial charge in [0.15, 0.2) is 0 Å². The number of aliphatic hydroxyl groups is 1. The van der Waals surface area contributed by atoms with E-state index in [4.69, 9.17) is 0 Å². The quantitative estimate of drug-likeness (QED) is 0.238. The second-order valence-electron chi connectivity index (χ2n) is 8.98. The van der Waals surface area contributed by atoms with Crippen molar-refractivity contribution in [3.8, 4) is 0 Å². The number of hydrogen-bond acceptors (Lipinski definition) is 7. The van der Waals surface area contributed by atoms with Gasteiger partial charge in [-0.2, -0.15) is 0 Å². The van der Waals surface area contributed by atoms with Gasteiger partial charge >= 0.3 is 0 Å². The first-order valence-electron chi connectivity index (χ1n) is 12.0. The van der Waals surface area contributed by atoms with E-state index in [9.17, 15) is 29.1 Å². The Hall–Kier alpha value is -3.51. The Labute approximate surface area is 210 Å². The molecule has 1 aliphatic heterocycles. The average Bonchev–Trinajstić information content (AvgIpc) is 2.84. The lowest BCUT2D eigenvalue weighted by molar-refractivity contribution is -0.135. The maximum absolute atomic E-state index is 12.9. The maximum atomic E-state index is 12.9. The van der Waals surface area contributed by atoms with Crippen LogP contribution in [0.4, 0.5) is 0 Å². The lowest BCUT2D eigenvalue weighted by Crippen LogP contribution is -2.59. The summed E-state index contributed by atoms with van der Waals surface area (Å²) in [5.41, 5.74) is 0.801. The monoisotopic (exact) mass is 504 g/mol. The highest BCUT2D eigenvalue weighted by molar-refractivity contribution is 5.95. The van der Waals surface area contributed by atoms with Crippen molar-refractivity contribution < 1.29 is 29.1 Å². The van der Waals surface area contributed by atoms with Crippen LogP contribution in [0.15, 0.2) is 30.3 Å². The summed E-state index contributed by atoms with van der Waals surface area (Å²) in [5, 5.41) is 25.5. The SMILES string of the molecule is CC(C)[C@H]1NC(=O)CNCCNC(=O)[C@@H](Cc2ccccc2)NC(=O)[C@H](CO)NC(=O)[C@H](C)NC1=O. The van der Waals surface area contributed by atoms with E-state index >= 15 is 0 Å². The minimum Gasteiger partial charge on any atom is -0.394 e. The summed E-state index contributed by atoms with van der Waals surface area (Å²) in [6.07, 6.45) is 0.184. The van der Waals surface area contributed by atoms with E-state index in [2.05, 4.69) is 31.9 Å². The van der Waals surface area contributed by atoms with Gasteiger partial charge in [-0.05, 0) is 18.4 Å². The molecule has 2 rings (SSSR count). The number of hydrogen-bond donors (Lipinski definition) is 7. The largest absolute Gasteiger partial charge is 0.394 e. The topological polar surface area (TPSA) is 178 Å². The van der Waals surface area contributed by atoms with Crippen molar-refractivity contribution in [2.45, 2.75) is 51.4 Å². The molecule has 198 valence electrons. The van der Waals surface area contributed by atoms with Gasteiger partial charge < -0.3 is 37.0 Å². The smallest absolute Gasteiger partial charge is 0.245 e. The van der Waals surface area contributed by atoms with Gasteiger partial charge in [-0.1, -0.05) is 44.2 Å².